The lowest BCUT2D eigenvalue weighted by Crippen LogP contribution is -2.29. The van der Waals surface area contributed by atoms with Crippen molar-refractivity contribution >= 4 is 50.7 Å². The van der Waals surface area contributed by atoms with Crippen LogP contribution in [0.3, 0.4) is 0 Å². The second-order valence-electron chi connectivity index (χ2n) is 4.97. The number of aromatic nitrogens is 1. The van der Waals surface area contributed by atoms with Gasteiger partial charge in [0.05, 0.1) is 5.69 Å². The summed E-state index contributed by atoms with van der Waals surface area (Å²) >= 11 is 4.95. The Balaban J connectivity index is 0.00000176. The molecule has 0 aliphatic carbocycles. The molecule has 3 rings (SSSR count). The first-order chi connectivity index (χ1) is 10.2. The van der Waals surface area contributed by atoms with Crippen LogP contribution in [0.5, 0.6) is 0 Å². The summed E-state index contributed by atoms with van der Waals surface area (Å²) in [5, 5.41) is 3.60. The van der Waals surface area contributed by atoms with E-state index in [0.29, 0.717) is 10.7 Å². The Morgan fingerprint density at radius 3 is 2.82 bits per heavy atom. The van der Waals surface area contributed by atoms with Crippen LogP contribution in [0.2, 0.25) is 0 Å². The molecule has 2 heterocycles. The lowest BCUT2D eigenvalue weighted by Gasteiger charge is -2.23. The maximum atomic E-state index is 12.2. The van der Waals surface area contributed by atoms with E-state index < -0.39 is 0 Å². The van der Waals surface area contributed by atoms with Crippen LogP contribution >= 0.6 is 39.7 Å². The predicted molar refractivity (Wildman–Crippen MR) is 96.1 cm³/mol. The number of halogens is 2. The summed E-state index contributed by atoms with van der Waals surface area (Å²) in [5.41, 5.74) is 1.78. The molecule has 1 aromatic heterocycles. The molecule has 118 valence electrons. The minimum atomic E-state index is -0.110. The van der Waals surface area contributed by atoms with Crippen molar-refractivity contribution in [2.45, 2.75) is 19.9 Å². The number of carbonyl (C=O) groups is 1. The van der Waals surface area contributed by atoms with Gasteiger partial charge in [-0.25, -0.2) is 4.98 Å². The number of hydrogen-bond donors (Lipinski definition) is 1. The van der Waals surface area contributed by atoms with Crippen LogP contribution in [-0.2, 0) is 13.0 Å². The fourth-order valence-corrected chi connectivity index (χ4v) is 3.65. The fourth-order valence-electron chi connectivity index (χ4n) is 2.34. The van der Waals surface area contributed by atoms with E-state index >= 15 is 0 Å². The second kappa shape index (κ2) is 7.55. The molecule has 4 nitrogen and oxygen atoms in total. The highest BCUT2D eigenvalue weighted by Crippen LogP contribution is 2.28. The van der Waals surface area contributed by atoms with Crippen molar-refractivity contribution in [2.75, 3.05) is 18.4 Å². The van der Waals surface area contributed by atoms with Crippen LogP contribution < -0.4 is 5.32 Å². The van der Waals surface area contributed by atoms with E-state index in [-0.39, 0.29) is 18.3 Å². The molecule has 0 saturated heterocycles. The van der Waals surface area contributed by atoms with Gasteiger partial charge in [0.2, 0.25) is 0 Å². The molecule has 0 fully saturated rings. The third-order valence-electron chi connectivity index (χ3n) is 3.58. The van der Waals surface area contributed by atoms with Gasteiger partial charge in [0, 0.05) is 34.4 Å². The number of hydrogen-bond acceptors (Lipinski definition) is 4. The van der Waals surface area contributed by atoms with E-state index in [2.05, 4.69) is 38.1 Å². The monoisotopic (exact) mass is 401 g/mol. The van der Waals surface area contributed by atoms with Gasteiger partial charge in [-0.1, -0.05) is 22.9 Å². The average molecular weight is 403 g/mol. The van der Waals surface area contributed by atoms with Gasteiger partial charge in [-0.2, -0.15) is 0 Å². The number of thiazole rings is 1. The zero-order valence-corrected chi connectivity index (χ0v) is 15.4. The van der Waals surface area contributed by atoms with Gasteiger partial charge in [0.1, 0.15) is 0 Å². The predicted octanol–water partition coefficient (Wildman–Crippen LogP) is 3.96. The smallest absolute Gasteiger partial charge is 0.257 e. The van der Waals surface area contributed by atoms with Crippen LogP contribution in [0.1, 0.15) is 27.9 Å². The largest absolute Gasteiger partial charge is 0.298 e. The maximum absolute atomic E-state index is 12.2. The Bertz CT molecular complexity index is 659. The molecule has 1 N–H and O–H groups in total. The molecule has 1 amide bonds. The molecule has 2 aromatic rings. The average Bonchev–Trinajstić information content (AvgIpc) is 2.88. The summed E-state index contributed by atoms with van der Waals surface area (Å²) in [4.78, 5) is 20.4. The zero-order chi connectivity index (χ0) is 14.8. The Morgan fingerprint density at radius 1 is 1.41 bits per heavy atom. The normalized spacial score (nSPS) is 14.1. The topological polar surface area (TPSA) is 45.2 Å². The third-order valence-corrected chi connectivity index (χ3v) is 5.11. The first-order valence-corrected chi connectivity index (χ1v) is 8.54. The van der Waals surface area contributed by atoms with Crippen LogP contribution in [0.25, 0.3) is 0 Å². The lowest BCUT2D eigenvalue weighted by atomic mass is 10.2. The molecule has 1 aromatic carbocycles. The standard InChI is InChI=1S/C15H16BrN3OS.ClH/c1-2-19-8-7-12-13(9-19)21-15(17-12)18-14(20)10-3-5-11(16)6-4-10;/h3-6H,2,7-9H2,1H3,(H,17,18,20);1H. The molecule has 0 unspecified atom stereocenters. The molecule has 0 saturated carbocycles. The van der Waals surface area contributed by atoms with Crippen LogP contribution in [0.4, 0.5) is 5.13 Å². The number of anilines is 1. The quantitative estimate of drug-likeness (QED) is 0.845. The summed E-state index contributed by atoms with van der Waals surface area (Å²) in [6.07, 6.45) is 0.966. The number of fused-ring (bicyclic) bond motifs is 1. The molecule has 22 heavy (non-hydrogen) atoms. The molecule has 7 heteroatoms. The summed E-state index contributed by atoms with van der Waals surface area (Å²) in [6.45, 7) is 5.21. The highest BCUT2D eigenvalue weighted by atomic mass is 79.9. The number of rotatable bonds is 3. The van der Waals surface area contributed by atoms with E-state index in [4.69, 9.17) is 0 Å². The fraction of sp³-hybridized carbons (Fsp3) is 0.333. The number of amides is 1. The summed E-state index contributed by atoms with van der Waals surface area (Å²) in [6, 6.07) is 7.32. The van der Waals surface area contributed by atoms with E-state index in [1.807, 2.05) is 12.1 Å². The van der Waals surface area contributed by atoms with Gasteiger partial charge in [0.15, 0.2) is 5.13 Å². The Morgan fingerprint density at radius 2 is 2.14 bits per heavy atom. The number of nitrogens with zero attached hydrogens (tertiary/aromatic N) is 2. The molecular weight excluding hydrogens is 386 g/mol. The number of nitrogens with one attached hydrogen (secondary N) is 1. The highest BCUT2D eigenvalue weighted by molar-refractivity contribution is 9.10. The van der Waals surface area contributed by atoms with Crippen molar-refractivity contribution in [3.05, 3.63) is 44.9 Å². The summed E-state index contributed by atoms with van der Waals surface area (Å²) in [7, 11) is 0. The molecule has 1 aliphatic heterocycles. The van der Waals surface area contributed by atoms with Gasteiger partial charge in [-0.05, 0) is 30.8 Å². The molecule has 0 spiro atoms. The van der Waals surface area contributed by atoms with Crippen molar-refractivity contribution in [2.24, 2.45) is 0 Å². The Hall–Kier alpha value is -0.950. The van der Waals surface area contributed by atoms with Crippen LogP contribution in [0, 0.1) is 0 Å². The van der Waals surface area contributed by atoms with Gasteiger partial charge in [-0.15, -0.1) is 23.7 Å². The van der Waals surface area contributed by atoms with E-state index in [0.717, 1.165) is 36.2 Å². The number of likely N-dealkylation sites (N-methyl/N-ethyl adjacent to an activating group) is 1. The van der Waals surface area contributed by atoms with E-state index in [1.54, 1.807) is 23.5 Å². The van der Waals surface area contributed by atoms with Crippen molar-refractivity contribution in [1.29, 1.82) is 0 Å². The SMILES string of the molecule is CCN1CCc2nc(NC(=O)c3ccc(Br)cc3)sc2C1.Cl. The molecule has 0 radical (unpaired) electrons. The number of benzene rings is 1. The molecule has 0 bridgehead atoms. The van der Waals surface area contributed by atoms with E-state index in [1.165, 1.54) is 4.88 Å². The Kier molecular flexibility index (Phi) is 5.97. The zero-order valence-electron chi connectivity index (χ0n) is 12.1. The molecular formula is C15H17BrClN3OS. The maximum Gasteiger partial charge on any atom is 0.257 e. The minimum absolute atomic E-state index is 0. The van der Waals surface area contributed by atoms with E-state index in [9.17, 15) is 4.79 Å². The second-order valence-corrected chi connectivity index (χ2v) is 6.97. The van der Waals surface area contributed by atoms with Crippen molar-refractivity contribution in [1.82, 2.24) is 9.88 Å². The van der Waals surface area contributed by atoms with Crippen molar-refractivity contribution in [3.8, 4) is 0 Å². The Labute approximate surface area is 148 Å². The van der Waals surface area contributed by atoms with Gasteiger partial charge in [-0.3, -0.25) is 15.0 Å². The first kappa shape index (κ1) is 17.4. The highest BCUT2D eigenvalue weighted by Gasteiger charge is 2.20. The molecule has 0 atom stereocenters. The van der Waals surface area contributed by atoms with Gasteiger partial charge >= 0.3 is 0 Å². The minimum Gasteiger partial charge on any atom is -0.298 e. The number of carbonyl (C=O) groups excluding carboxylic acids is 1. The lowest BCUT2D eigenvalue weighted by molar-refractivity contribution is 0.102. The van der Waals surface area contributed by atoms with Gasteiger partial charge in [0.25, 0.3) is 5.91 Å². The summed E-state index contributed by atoms with van der Waals surface area (Å²) in [5.74, 6) is -0.110. The summed E-state index contributed by atoms with van der Waals surface area (Å²) < 4.78 is 0.961. The van der Waals surface area contributed by atoms with Crippen LogP contribution in [0.15, 0.2) is 28.7 Å². The van der Waals surface area contributed by atoms with Gasteiger partial charge < -0.3 is 0 Å². The first-order valence-electron chi connectivity index (χ1n) is 6.93. The van der Waals surface area contributed by atoms with Crippen LogP contribution in [-0.4, -0.2) is 28.9 Å². The van der Waals surface area contributed by atoms with Crippen molar-refractivity contribution < 1.29 is 4.79 Å². The van der Waals surface area contributed by atoms with Crippen molar-refractivity contribution in [3.63, 3.8) is 0 Å². The molecule has 1 aliphatic rings. The third kappa shape index (κ3) is 3.87.